The Morgan fingerprint density at radius 3 is 2.65 bits per heavy atom. The van der Waals surface area contributed by atoms with E-state index >= 15 is 0 Å². The van der Waals surface area contributed by atoms with Crippen LogP contribution in [0.15, 0.2) is 23.6 Å². The Labute approximate surface area is 162 Å². The van der Waals surface area contributed by atoms with Crippen molar-refractivity contribution in [3.05, 3.63) is 29.6 Å². The molecule has 0 unspecified atom stereocenters. The number of benzene rings is 1. The summed E-state index contributed by atoms with van der Waals surface area (Å²) in [5.74, 6) is 7.75. The van der Waals surface area contributed by atoms with Crippen LogP contribution in [-0.4, -0.2) is 52.5 Å². The van der Waals surface area contributed by atoms with Crippen molar-refractivity contribution >= 4 is 41.1 Å². The molecular formula is C16H23Cl2N7O. The lowest BCUT2D eigenvalue weighted by Gasteiger charge is -2.26. The molecule has 2 aromatic rings. The van der Waals surface area contributed by atoms with Gasteiger partial charge in [0.1, 0.15) is 12.1 Å². The van der Waals surface area contributed by atoms with Crippen LogP contribution in [0.3, 0.4) is 0 Å². The maximum atomic E-state index is 5.93. The number of nitrogen functional groups attached to an aromatic ring is 1. The number of rotatable bonds is 10. The number of nitrogens with zero attached hydrogens (tertiary/aromatic N) is 5. The normalized spacial score (nSPS) is 11.1. The second kappa shape index (κ2) is 10.1. The van der Waals surface area contributed by atoms with Gasteiger partial charge in [-0.3, -0.25) is 0 Å². The Morgan fingerprint density at radius 2 is 2.08 bits per heavy atom. The quantitative estimate of drug-likeness (QED) is 0.275. The van der Waals surface area contributed by atoms with E-state index in [1.807, 2.05) is 19.9 Å². The number of halogens is 2. The monoisotopic (exact) mass is 399 g/mol. The fourth-order valence-electron chi connectivity index (χ4n) is 2.38. The van der Waals surface area contributed by atoms with Gasteiger partial charge in [0.2, 0.25) is 0 Å². The van der Waals surface area contributed by atoms with E-state index in [2.05, 4.69) is 31.7 Å². The van der Waals surface area contributed by atoms with Gasteiger partial charge >= 0.3 is 0 Å². The molecule has 26 heavy (non-hydrogen) atoms. The summed E-state index contributed by atoms with van der Waals surface area (Å²) in [6.45, 7) is 5.88. The van der Waals surface area contributed by atoms with Crippen molar-refractivity contribution in [2.45, 2.75) is 13.8 Å². The fraction of sp³-hybridized carbons (Fsp3) is 0.438. The molecule has 0 saturated heterocycles. The van der Waals surface area contributed by atoms with Gasteiger partial charge in [-0.15, -0.1) is 33.4 Å². The first-order valence-electron chi connectivity index (χ1n) is 8.19. The number of hydrogen-bond donors (Lipinski definition) is 2. The summed E-state index contributed by atoms with van der Waals surface area (Å²) < 4.78 is 7.07. The molecule has 3 N–H and O–H groups in total. The summed E-state index contributed by atoms with van der Waals surface area (Å²) in [5, 5.41) is 11.6. The molecule has 0 aliphatic rings. The minimum atomic E-state index is 0.343. The number of alkyl halides is 2. The summed E-state index contributed by atoms with van der Waals surface area (Å²) in [5.41, 5.74) is 5.66. The van der Waals surface area contributed by atoms with Crippen LogP contribution in [0.1, 0.15) is 18.1 Å². The Kier molecular flexibility index (Phi) is 7.80. The molecule has 0 atom stereocenters. The standard InChI is InChI=1S/C16H23Cl2N7O/c1-3-26-15-9-13(10-20-22-16-23-21-11-25(16)19)12(2)8-14(15)24(6-4-17)7-5-18/h8-11H,3-7,19H2,1-2H3,(H,22,23). The van der Waals surface area contributed by atoms with E-state index in [0.717, 1.165) is 22.6 Å². The zero-order valence-electron chi connectivity index (χ0n) is 14.8. The Balaban J connectivity index is 2.27. The van der Waals surface area contributed by atoms with Crippen LogP contribution in [0, 0.1) is 6.92 Å². The number of hydrazone groups is 1. The highest BCUT2D eigenvalue weighted by Crippen LogP contribution is 2.31. The van der Waals surface area contributed by atoms with Crippen LogP contribution in [0.2, 0.25) is 0 Å². The maximum absolute atomic E-state index is 5.93. The molecule has 0 spiro atoms. The SMILES string of the molecule is CCOc1cc(C=NNc2nncn2N)c(C)cc1N(CCCl)CCCl. The molecule has 0 saturated carbocycles. The number of anilines is 2. The largest absolute Gasteiger partial charge is 0.492 e. The number of nitrogens with two attached hydrogens (primary N) is 1. The van der Waals surface area contributed by atoms with Gasteiger partial charge in [0.25, 0.3) is 5.95 Å². The van der Waals surface area contributed by atoms with E-state index in [9.17, 15) is 0 Å². The highest BCUT2D eigenvalue weighted by atomic mass is 35.5. The molecular weight excluding hydrogens is 377 g/mol. The van der Waals surface area contributed by atoms with Crippen molar-refractivity contribution in [3.63, 3.8) is 0 Å². The van der Waals surface area contributed by atoms with Crippen molar-refractivity contribution in [3.8, 4) is 5.75 Å². The van der Waals surface area contributed by atoms with Crippen LogP contribution in [0.25, 0.3) is 0 Å². The van der Waals surface area contributed by atoms with Gasteiger partial charge in [0.15, 0.2) is 0 Å². The topological polar surface area (TPSA) is 93.6 Å². The molecule has 2 rings (SSSR count). The van der Waals surface area contributed by atoms with E-state index in [-0.39, 0.29) is 0 Å². The fourth-order valence-corrected chi connectivity index (χ4v) is 2.79. The number of ether oxygens (including phenoxy) is 1. The van der Waals surface area contributed by atoms with Crippen LogP contribution in [0.4, 0.5) is 11.6 Å². The molecule has 1 heterocycles. The number of hydrogen-bond acceptors (Lipinski definition) is 7. The first kappa shape index (κ1) is 20.1. The first-order valence-corrected chi connectivity index (χ1v) is 9.26. The zero-order chi connectivity index (χ0) is 18.9. The minimum absolute atomic E-state index is 0.343. The van der Waals surface area contributed by atoms with Crippen LogP contribution in [0.5, 0.6) is 5.75 Å². The molecule has 0 fully saturated rings. The van der Waals surface area contributed by atoms with E-state index in [4.69, 9.17) is 33.8 Å². The van der Waals surface area contributed by atoms with E-state index < -0.39 is 0 Å². The Bertz CT molecular complexity index is 729. The maximum Gasteiger partial charge on any atom is 0.263 e. The second-order valence-electron chi connectivity index (χ2n) is 5.41. The van der Waals surface area contributed by atoms with Gasteiger partial charge in [-0.2, -0.15) is 5.10 Å². The van der Waals surface area contributed by atoms with Crippen LogP contribution in [-0.2, 0) is 0 Å². The van der Waals surface area contributed by atoms with Crippen molar-refractivity contribution in [2.75, 3.05) is 47.6 Å². The summed E-state index contributed by atoms with van der Waals surface area (Å²) in [6, 6.07) is 4.00. The van der Waals surface area contributed by atoms with Crippen molar-refractivity contribution in [1.82, 2.24) is 14.9 Å². The molecule has 0 aliphatic heterocycles. The van der Waals surface area contributed by atoms with Gasteiger partial charge in [-0.1, -0.05) is 0 Å². The van der Waals surface area contributed by atoms with Gasteiger partial charge < -0.3 is 15.5 Å². The Morgan fingerprint density at radius 1 is 1.35 bits per heavy atom. The van der Waals surface area contributed by atoms with E-state index in [1.54, 1.807) is 6.21 Å². The second-order valence-corrected chi connectivity index (χ2v) is 6.16. The summed E-state index contributed by atoms with van der Waals surface area (Å²) in [7, 11) is 0. The molecule has 8 nitrogen and oxygen atoms in total. The molecule has 1 aromatic carbocycles. The molecule has 1 aromatic heterocycles. The molecule has 0 radical (unpaired) electrons. The van der Waals surface area contributed by atoms with Gasteiger partial charge in [-0.05, 0) is 31.5 Å². The number of nitrogens with one attached hydrogen (secondary N) is 1. The smallest absolute Gasteiger partial charge is 0.263 e. The molecule has 0 amide bonds. The lowest BCUT2D eigenvalue weighted by Crippen LogP contribution is -2.28. The molecule has 10 heteroatoms. The Hall–Kier alpha value is -2.19. The average Bonchev–Trinajstić information content (AvgIpc) is 3.02. The number of aromatic nitrogens is 3. The predicted octanol–water partition coefficient (Wildman–Crippen LogP) is 2.43. The molecule has 0 bridgehead atoms. The lowest BCUT2D eigenvalue weighted by molar-refractivity contribution is 0.340. The highest BCUT2D eigenvalue weighted by molar-refractivity contribution is 6.18. The van der Waals surface area contributed by atoms with Gasteiger partial charge in [0.05, 0.1) is 18.5 Å². The van der Waals surface area contributed by atoms with E-state index in [0.29, 0.717) is 37.4 Å². The average molecular weight is 400 g/mol. The van der Waals surface area contributed by atoms with Crippen LogP contribution < -0.4 is 20.9 Å². The predicted molar refractivity (Wildman–Crippen MR) is 107 cm³/mol. The number of aryl methyl sites for hydroxylation is 1. The summed E-state index contributed by atoms with van der Waals surface area (Å²) >= 11 is 11.9. The highest BCUT2D eigenvalue weighted by Gasteiger charge is 2.14. The van der Waals surface area contributed by atoms with Crippen molar-refractivity contribution in [2.24, 2.45) is 5.10 Å². The van der Waals surface area contributed by atoms with Gasteiger partial charge in [0, 0.05) is 30.4 Å². The van der Waals surface area contributed by atoms with E-state index in [1.165, 1.54) is 11.0 Å². The third-order valence-corrected chi connectivity index (χ3v) is 3.98. The minimum Gasteiger partial charge on any atom is -0.492 e. The van der Waals surface area contributed by atoms with Crippen LogP contribution >= 0.6 is 23.2 Å². The van der Waals surface area contributed by atoms with Gasteiger partial charge in [-0.25, -0.2) is 10.1 Å². The molecule has 142 valence electrons. The zero-order valence-corrected chi connectivity index (χ0v) is 16.3. The summed E-state index contributed by atoms with van der Waals surface area (Å²) in [4.78, 5) is 2.12. The third kappa shape index (κ3) is 5.15. The lowest BCUT2D eigenvalue weighted by atomic mass is 10.1. The molecule has 0 aliphatic carbocycles. The van der Waals surface area contributed by atoms with Crippen molar-refractivity contribution < 1.29 is 4.74 Å². The first-order chi connectivity index (χ1) is 12.6. The summed E-state index contributed by atoms with van der Waals surface area (Å²) in [6.07, 6.45) is 3.07. The van der Waals surface area contributed by atoms with Crippen molar-refractivity contribution in [1.29, 1.82) is 0 Å². The third-order valence-electron chi connectivity index (χ3n) is 3.64.